The van der Waals surface area contributed by atoms with Gasteiger partial charge in [0.15, 0.2) is 0 Å². The molecule has 2 aromatic carbocycles. The van der Waals surface area contributed by atoms with Crippen LogP contribution in [0, 0.1) is 24.2 Å². The summed E-state index contributed by atoms with van der Waals surface area (Å²) >= 11 is 0. The monoisotopic (exact) mass is 249 g/mol. The van der Waals surface area contributed by atoms with Crippen molar-refractivity contribution in [3.05, 3.63) is 59.2 Å². The Morgan fingerprint density at radius 2 is 1.74 bits per heavy atom. The molecule has 0 spiro atoms. The minimum absolute atomic E-state index is 0.579. The highest BCUT2D eigenvalue weighted by molar-refractivity contribution is 5.70. The molecule has 0 fully saturated rings. The minimum atomic E-state index is 0.579. The lowest BCUT2D eigenvalue weighted by Crippen LogP contribution is -2.01. The van der Waals surface area contributed by atoms with Crippen LogP contribution in [0.2, 0.25) is 0 Å². The van der Waals surface area contributed by atoms with Crippen LogP contribution in [0.5, 0.6) is 0 Å². The normalized spacial score (nSPS) is 10.5. The van der Waals surface area contributed by atoms with Crippen molar-refractivity contribution in [1.82, 2.24) is 0 Å². The first-order valence-electron chi connectivity index (χ1n) is 6.71. The average Bonchev–Trinajstić information content (AvgIpc) is 2.41. The Labute approximate surface area is 115 Å². The van der Waals surface area contributed by atoms with E-state index in [2.05, 4.69) is 57.2 Å². The highest BCUT2D eigenvalue weighted by Crippen LogP contribution is 2.29. The fourth-order valence-corrected chi connectivity index (χ4v) is 2.44. The summed E-state index contributed by atoms with van der Waals surface area (Å²) in [4.78, 5) is 0. The van der Waals surface area contributed by atoms with Gasteiger partial charge in [-0.15, -0.1) is 0 Å². The molecule has 0 N–H and O–H groups in total. The third kappa shape index (κ3) is 2.85. The third-order valence-corrected chi connectivity index (χ3v) is 3.42. The van der Waals surface area contributed by atoms with Gasteiger partial charge in [0.25, 0.3) is 0 Å². The van der Waals surface area contributed by atoms with E-state index in [0.717, 1.165) is 17.5 Å². The molecule has 96 valence electrons. The van der Waals surface area contributed by atoms with Gasteiger partial charge in [-0.05, 0) is 47.6 Å². The van der Waals surface area contributed by atoms with E-state index in [0.29, 0.717) is 5.92 Å². The molecule has 1 heteroatoms. The summed E-state index contributed by atoms with van der Waals surface area (Å²) in [7, 11) is 0. The average molecular weight is 249 g/mol. The van der Waals surface area contributed by atoms with Crippen LogP contribution in [0.15, 0.2) is 42.5 Å². The summed E-state index contributed by atoms with van der Waals surface area (Å²) in [6, 6.07) is 16.7. The van der Waals surface area contributed by atoms with Gasteiger partial charge in [-0.25, -0.2) is 0 Å². The van der Waals surface area contributed by atoms with E-state index < -0.39 is 0 Å². The second-order valence-corrected chi connectivity index (χ2v) is 5.34. The molecule has 0 aliphatic carbocycles. The first-order chi connectivity index (χ1) is 9.13. The van der Waals surface area contributed by atoms with Crippen LogP contribution in [-0.2, 0) is 6.42 Å². The van der Waals surface area contributed by atoms with Gasteiger partial charge in [0.1, 0.15) is 0 Å². The van der Waals surface area contributed by atoms with E-state index in [1.165, 1.54) is 16.7 Å². The summed E-state index contributed by atoms with van der Waals surface area (Å²) in [5.74, 6) is 0.579. The van der Waals surface area contributed by atoms with Crippen molar-refractivity contribution in [1.29, 1.82) is 5.26 Å². The van der Waals surface area contributed by atoms with Crippen molar-refractivity contribution >= 4 is 0 Å². The Morgan fingerprint density at radius 3 is 2.32 bits per heavy atom. The molecule has 0 aromatic heterocycles. The van der Waals surface area contributed by atoms with Crippen molar-refractivity contribution in [3.8, 4) is 17.2 Å². The fraction of sp³-hybridized carbons (Fsp3) is 0.278. The number of nitriles is 1. The molecule has 1 nitrogen and oxygen atoms in total. The maximum absolute atomic E-state index is 9.19. The first-order valence-corrected chi connectivity index (χ1v) is 6.71. The SMILES string of the molecule is Cc1c(C#N)ccc(-c2ccccc2)c1CC(C)C. The van der Waals surface area contributed by atoms with Crippen LogP contribution in [0.25, 0.3) is 11.1 Å². The molecule has 0 bridgehead atoms. The summed E-state index contributed by atoms with van der Waals surface area (Å²) in [5, 5.41) is 9.19. The third-order valence-electron chi connectivity index (χ3n) is 3.42. The largest absolute Gasteiger partial charge is 0.192 e. The molecule has 0 aliphatic heterocycles. The zero-order valence-corrected chi connectivity index (χ0v) is 11.8. The zero-order chi connectivity index (χ0) is 13.8. The highest BCUT2D eigenvalue weighted by atomic mass is 14.3. The molecule has 0 saturated heterocycles. The molecule has 0 radical (unpaired) electrons. The number of benzene rings is 2. The molecular formula is C18H19N. The maximum atomic E-state index is 9.19. The quantitative estimate of drug-likeness (QED) is 0.771. The van der Waals surface area contributed by atoms with Crippen molar-refractivity contribution in [2.45, 2.75) is 27.2 Å². The molecule has 0 saturated carbocycles. The maximum Gasteiger partial charge on any atom is 0.0994 e. The fourth-order valence-electron chi connectivity index (χ4n) is 2.44. The van der Waals surface area contributed by atoms with Crippen LogP contribution in [-0.4, -0.2) is 0 Å². The Balaban J connectivity index is 2.61. The van der Waals surface area contributed by atoms with Gasteiger partial charge < -0.3 is 0 Å². The summed E-state index contributed by atoms with van der Waals surface area (Å²) < 4.78 is 0. The highest BCUT2D eigenvalue weighted by Gasteiger charge is 2.12. The molecule has 2 rings (SSSR count). The number of nitrogens with zero attached hydrogens (tertiary/aromatic N) is 1. The molecule has 0 aliphatic rings. The van der Waals surface area contributed by atoms with Crippen LogP contribution < -0.4 is 0 Å². The number of hydrogen-bond donors (Lipinski definition) is 0. The Bertz CT molecular complexity index is 604. The first kappa shape index (κ1) is 13.4. The lowest BCUT2D eigenvalue weighted by molar-refractivity contribution is 0.645. The zero-order valence-electron chi connectivity index (χ0n) is 11.8. The standard InChI is InChI=1S/C18H19N/c1-13(2)11-18-14(3)16(12-19)9-10-17(18)15-7-5-4-6-8-15/h4-10,13H,11H2,1-3H3. The van der Waals surface area contributed by atoms with Gasteiger partial charge in [0.2, 0.25) is 0 Å². The summed E-state index contributed by atoms with van der Waals surface area (Å²) in [5.41, 5.74) is 5.70. The van der Waals surface area contributed by atoms with Gasteiger partial charge >= 0.3 is 0 Å². The smallest absolute Gasteiger partial charge is 0.0994 e. The molecule has 0 atom stereocenters. The van der Waals surface area contributed by atoms with E-state index in [1.54, 1.807) is 0 Å². The van der Waals surface area contributed by atoms with Gasteiger partial charge in [-0.2, -0.15) is 5.26 Å². The molecule has 0 unspecified atom stereocenters. The molecular weight excluding hydrogens is 230 g/mol. The minimum Gasteiger partial charge on any atom is -0.192 e. The molecule has 2 aromatic rings. The van der Waals surface area contributed by atoms with Crippen LogP contribution in [0.4, 0.5) is 0 Å². The van der Waals surface area contributed by atoms with Crippen molar-refractivity contribution in [3.63, 3.8) is 0 Å². The van der Waals surface area contributed by atoms with Gasteiger partial charge in [-0.1, -0.05) is 50.2 Å². The molecule has 19 heavy (non-hydrogen) atoms. The molecule has 0 amide bonds. The second-order valence-electron chi connectivity index (χ2n) is 5.34. The van der Waals surface area contributed by atoms with E-state index >= 15 is 0 Å². The molecule has 0 heterocycles. The van der Waals surface area contributed by atoms with E-state index in [9.17, 15) is 5.26 Å². The van der Waals surface area contributed by atoms with Crippen molar-refractivity contribution < 1.29 is 0 Å². The van der Waals surface area contributed by atoms with Crippen molar-refractivity contribution in [2.24, 2.45) is 5.92 Å². The van der Waals surface area contributed by atoms with E-state index in [1.807, 2.05) is 12.1 Å². The van der Waals surface area contributed by atoms with Gasteiger partial charge in [-0.3, -0.25) is 0 Å². The Morgan fingerprint density at radius 1 is 1.05 bits per heavy atom. The van der Waals surface area contributed by atoms with Gasteiger partial charge in [0.05, 0.1) is 11.6 Å². The second kappa shape index (κ2) is 5.71. The number of hydrogen-bond acceptors (Lipinski definition) is 1. The number of rotatable bonds is 3. The van der Waals surface area contributed by atoms with Gasteiger partial charge in [0, 0.05) is 0 Å². The van der Waals surface area contributed by atoms with E-state index in [-0.39, 0.29) is 0 Å². The predicted molar refractivity (Wildman–Crippen MR) is 79.9 cm³/mol. The van der Waals surface area contributed by atoms with E-state index in [4.69, 9.17) is 0 Å². The van der Waals surface area contributed by atoms with Crippen LogP contribution in [0.1, 0.15) is 30.5 Å². The summed E-state index contributed by atoms with van der Waals surface area (Å²) in [6.07, 6.45) is 1.01. The lowest BCUT2D eigenvalue weighted by Gasteiger charge is -2.16. The Hall–Kier alpha value is -2.07. The topological polar surface area (TPSA) is 23.8 Å². The Kier molecular flexibility index (Phi) is 4.02. The van der Waals surface area contributed by atoms with Crippen LogP contribution >= 0.6 is 0 Å². The van der Waals surface area contributed by atoms with Crippen molar-refractivity contribution in [2.75, 3.05) is 0 Å². The lowest BCUT2D eigenvalue weighted by atomic mass is 9.88. The predicted octanol–water partition coefficient (Wildman–Crippen LogP) is 4.73. The summed E-state index contributed by atoms with van der Waals surface area (Å²) in [6.45, 7) is 6.49. The van der Waals surface area contributed by atoms with Crippen LogP contribution in [0.3, 0.4) is 0 Å².